The lowest BCUT2D eigenvalue weighted by atomic mass is 9.96. The van der Waals surface area contributed by atoms with Crippen LogP contribution in [-0.4, -0.2) is 28.6 Å². The van der Waals surface area contributed by atoms with Crippen LogP contribution in [-0.2, 0) is 9.59 Å². The van der Waals surface area contributed by atoms with Crippen LogP contribution < -0.4 is 10.2 Å². The maximum absolute atomic E-state index is 13.1. The van der Waals surface area contributed by atoms with Crippen LogP contribution in [0.2, 0.25) is 5.02 Å². The molecule has 2 heterocycles. The van der Waals surface area contributed by atoms with Crippen LogP contribution in [0.3, 0.4) is 0 Å². The van der Waals surface area contributed by atoms with Crippen molar-refractivity contribution in [1.82, 2.24) is 4.98 Å². The molecule has 1 saturated carbocycles. The molecule has 28 heavy (non-hydrogen) atoms. The summed E-state index contributed by atoms with van der Waals surface area (Å²) in [4.78, 5) is 43.8. The molecule has 0 radical (unpaired) electrons. The van der Waals surface area contributed by atoms with E-state index in [4.69, 9.17) is 11.6 Å². The van der Waals surface area contributed by atoms with E-state index in [0.29, 0.717) is 28.9 Å². The third-order valence-electron chi connectivity index (χ3n) is 5.44. The standard InChI is InChI=1S/C21H20ClN3O3/c22-14-8-9-15-16(12-14)25(21(28)19(15)26)17(11-13-5-1-2-6-13)20(27)24-18-7-3-4-10-23-18/h3-4,7-10,12-13,17H,1-2,5-6,11H2,(H,23,24,27). The van der Waals surface area contributed by atoms with E-state index < -0.39 is 17.7 Å². The number of amides is 2. The number of benzene rings is 1. The largest absolute Gasteiger partial charge is 0.309 e. The molecule has 1 aliphatic heterocycles. The summed E-state index contributed by atoms with van der Waals surface area (Å²) in [6.45, 7) is 0. The molecule has 0 bridgehead atoms. The highest BCUT2D eigenvalue weighted by Crippen LogP contribution is 2.37. The lowest BCUT2D eigenvalue weighted by Gasteiger charge is -2.29. The topological polar surface area (TPSA) is 79.4 Å². The van der Waals surface area contributed by atoms with Crippen LogP contribution in [0.5, 0.6) is 0 Å². The maximum Gasteiger partial charge on any atom is 0.300 e. The molecule has 144 valence electrons. The fourth-order valence-corrected chi connectivity index (χ4v) is 4.24. The first-order valence-electron chi connectivity index (χ1n) is 9.44. The van der Waals surface area contributed by atoms with Crippen molar-refractivity contribution >= 4 is 40.7 Å². The molecule has 4 rings (SSSR count). The maximum atomic E-state index is 13.1. The number of nitrogens with zero attached hydrogens (tertiary/aromatic N) is 2. The fourth-order valence-electron chi connectivity index (χ4n) is 4.08. The fraction of sp³-hybridized carbons (Fsp3) is 0.333. The second kappa shape index (κ2) is 7.72. The first-order valence-corrected chi connectivity index (χ1v) is 9.81. The number of hydrogen-bond donors (Lipinski definition) is 1. The molecule has 2 aromatic rings. The van der Waals surface area contributed by atoms with Gasteiger partial charge in [0, 0.05) is 11.2 Å². The van der Waals surface area contributed by atoms with Gasteiger partial charge in [-0.3, -0.25) is 19.3 Å². The van der Waals surface area contributed by atoms with Gasteiger partial charge in [0.2, 0.25) is 5.91 Å². The number of carbonyl (C=O) groups is 3. The van der Waals surface area contributed by atoms with E-state index in [2.05, 4.69) is 10.3 Å². The number of nitrogens with one attached hydrogen (secondary N) is 1. The van der Waals surface area contributed by atoms with Gasteiger partial charge in [-0.2, -0.15) is 0 Å². The van der Waals surface area contributed by atoms with Crippen LogP contribution >= 0.6 is 11.6 Å². The predicted molar refractivity (Wildman–Crippen MR) is 106 cm³/mol. The molecule has 1 unspecified atom stereocenters. The highest BCUT2D eigenvalue weighted by Gasteiger charge is 2.43. The second-order valence-electron chi connectivity index (χ2n) is 7.27. The average Bonchev–Trinajstić information content (AvgIpc) is 3.28. The highest BCUT2D eigenvalue weighted by molar-refractivity contribution is 6.53. The van der Waals surface area contributed by atoms with Crippen LogP contribution in [0, 0.1) is 5.92 Å². The number of fused-ring (bicyclic) bond motifs is 1. The Bertz CT molecular complexity index is 926. The number of pyridine rings is 1. The number of aromatic nitrogens is 1. The lowest BCUT2D eigenvalue weighted by molar-refractivity contribution is -0.121. The number of ketones is 1. The number of hydrogen-bond acceptors (Lipinski definition) is 4. The zero-order valence-corrected chi connectivity index (χ0v) is 16.0. The minimum absolute atomic E-state index is 0.288. The van der Waals surface area contributed by atoms with Crippen molar-refractivity contribution in [3.05, 3.63) is 53.2 Å². The monoisotopic (exact) mass is 397 g/mol. The van der Waals surface area contributed by atoms with Crippen molar-refractivity contribution in [1.29, 1.82) is 0 Å². The van der Waals surface area contributed by atoms with Gasteiger partial charge in [0.15, 0.2) is 0 Å². The molecule has 1 aromatic heterocycles. The molecule has 1 aromatic carbocycles. The summed E-state index contributed by atoms with van der Waals surface area (Å²) >= 11 is 6.11. The number of Topliss-reactive ketones (excluding diaryl/α,β-unsaturated/α-hetero) is 1. The van der Waals surface area contributed by atoms with E-state index in [-0.39, 0.29) is 11.5 Å². The molecule has 1 fully saturated rings. The summed E-state index contributed by atoms with van der Waals surface area (Å²) in [7, 11) is 0. The molecule has 2 amide bonds. The van der Waals surface area contributed by atoms with Gasteiger partial charge < -0.3 is 5.32 Å². The first-order chi connectivity index (χ1) is 13.5. The lowest BCUT2D eigenvalue weighted by Crippen LogP contribution is -2.48. The smallest absolute Gasteiger partial charge is 0.300 e. The first kappa shape index (κ1) is 18.6. The van der Waals surface area contributed by atoms with Gasteiger partial charge in [-0.1, -0.05) is 43.4 Å². The Morgan fingerprint density at radius 3 is 2.71 bits per heavy atom. The van der Waals surface area contributed by atoms with Crippen molar-refractivity contribution in [2.75, 3.05) is 10.2 Å². The summed E-state index contributed by atoms with van der Waals surface area (Å²) in [5.41, 5.74) is 0.693. The number of carbonyl (C=O) groups excluding carboxylic acids is 3. The predicted octanol–water partition coefficient (Wildman–Crippen LogP) is 3.85. The van der Waals surface area contributed by atoms with Gasteiger partial charge in [-0.15, -0.1) is 0 Å². The van der Waals surface area contributed by atoms with Gasteiger partial charge in [-0.25, -0.2) is 4.98 Å². The quantitative estimate of drug-likeness (QED) is 0.777. The summed E-state index contributed by atoms with van der Waals surface area (Å²) < 4.78 is 0. The number of halogens is 1. The summed E-state index contributed by atoms with van der Waals surface area (Å²) in [6, 6.07) is 9.12. The SMILES string of the molecule is O=C1C(=O)N(C(CC2CCCC2)C(=O)Nc2ccccn2)c2cc(Cl)ccc21. The van der Waals surface area contributed by atoms with Gasteiger partial charge in [0.25, 0.3) is 11.7 Å². The third-order valence-corrected chi connectivity index (χ3v) is 5.67. The zero-order valence-electron chi connectivity index (χ0n) is 15.2. The van der Waals surface area contributed by atoms with Crippen LogP contribution in [0.25, 0.3) is 0 Å². The van der Waals surface area contributed by atoms with E-state index >= 15 is 0 Å². The van der Waals surface area contributed by atoms with Crippen LogP contribution in [0.15, 0.2) is 42.6 Å². The van der Waals surface area contributed by atoms with Gasteiger partial charge in [0.05, 0.1) is 11.3 Å². The molecule has 0 spiro atoms. The Morgan fingerprint density at radius 1 is 1.21 bits per heavy atom. The van der Waals surface area contributed by atoms with Gasteiger partial charge >= 0.3 is 0 Å². The molecular formula is C21H20ClN3O3. The molecule has 1 atom stereocenters. The Morgan fingerprint density at radius 2 is 2.00 bits per heavy atom. The van der Waals surface area contributed by atoms with Gasteiger partial charge in [-0.05, 0) is 42.7 Å². The normalized spacial score (nSPS) is 17.7. The highest BCUT2D eigenvalue weighted by atomic mass is 35.5. The molecular weight excluding hydrogens is 378 g/mol. The molecule has 6 nitrogen and oxygen atoms in total. The Labute approximate surface area is 167 Å². The van der Waals surface area contributed by atoms with E-state index in [1.54, 1.807) is 42.6 Å². The van der Waals surface area contributed by atoms with Crippen molar-refractivity contribution < 1.29 is 14.4 Å². The van der Waals surface area contributed by atoms with Crippen LogP contribution in [0.4, 0.5) is 11.5 Å². The molecule has 1 N–H and O–H groups in total. The van der Waals surface area contributed by atoms with E-state index in [0.717, 1.165) is 25.7 Å². The van der Waals surface area contributed by atoms with Crippen molar-refractivity contribution in [3.63, 3.8) is 0 Å². The van der Waals surface area contributed by atoms with Crippen LogP contribution in [0.1, 0.15) is 42.5 Å². The van der Waals surface area contributed by atoms with E-state index in [1.807, 2.05) is 0 Å². The minimum atomic E-state index is -0.790. The summed E-state index contributed by atoms with van der Waals surface area (Å²) in [5.74, 6) is -0.886. The number of rotatable bonds is 5. The van der Waals surface area contributed by atoms with Gasteiger partial charge in [0.1, 0.15) is 11.9 Å². The van der Waals surface area contributed by atoms with Crippen molar-refractivity contribution in [2.24, 2.45) is 5.92 Å². The Hall–Kier alpha value is -2.73. The van der Waals surface area contributed by atoms with E-state index in [1.165, 1.54) is 4.90 Å². The second-order valence-corrected chi connectivity index (χ2v) is 7.71. The molecule has 2 aliphatic rings. The summed E-state index contributed by atoms with van der Waals surface area (Å²) in [6.07, 6.45) is 6.37. The van der Waals surface area contributed by atoms with Crippen molar-refractivity contribution in [2.45, 2.75) is 38.1 Å². The summed E-state index contributed by atoms with van der Waals surface area (Å²) in [5, 5.41) is 3.20. The molecule has 1 aliphatic carbocycles. The molecule has 7 heteroatoms. The molecule has 0 saturated heterocycles. The minimum Gasteiger partial charge on any atom is -0.309 e. The van der Waals surface area contributed by atoms with Crippen molar-refractivity contribution in [3.8, 4) is 0 Å². The third kappa shape index (κ3) is 3.52. The van der Waals surface area contributed by atoms with E-state index in [9.17, 15) is 14.4 Å². The Kier molecular flexibility index (Phi) is 5.13. The number of anilines is 2. The Balaban J connectivity index is 1.69. The zero-order chi connectivity index (χ0) is 19.7. The average molecular weight is 398 g/mol.